The van der Waals surface area contributed by atoms with E-state index in [2.05, 4.69) is 10.3 Å². The van der Waals surface area contributed by atoms with E-state index in [0.29, 0.717) is 29.8 Å². The summed E-state index contributed by atoms with van der Waals surface area (Å²) in [7, 11) is 1.43. The predicted molar refractivity (Wildman–Crippen MR) is 70.4 cm³/mol. The Kier molecular flexibility index (Phi) is 4.16. The van der Waals surface area contributed by atoms with E-state index in [0.717, 1.165) is 0 Å². The molecule has 19 heavy (non-hydrogen) atoms. The van der Waals surface area contributed by atoms with Gasteiger partial charge in [-0.2, -0.15) is 0 Å². The number of methoxy groups -OCH3 is 1. The third-order valence-electron chi connectivity index (χ3n) is 2.65. The first kappa shape index (κ1) is 13.5. The third-order valence-corrected chi connectivity index (χ3v) is 2.65. The number of rotatable bonds is 5. The molecule has 2 rings (SSSR count). The maximum absolute atomic E-state index is 13.6. The van der Waals surface area contributed by atoms with Crippen LogP contribution in [0.15, 0.2) is 28.8 Å². The average Bonchev–Trinajstić information content (AvgIpc) is 2.85. The Morgan fingerprint density at radius 2 is 2.21 bits per heavy atom. The Bertz CT molecular complexity index is 552. The van der Waals surface area contributed by atoms with Crippen LogP contribution in [-0.4, -0.2) is 18.1 Å². The van der Waals surface area contributed by atoms with Gasteiger partial charge in [-0.15, -0.1) is 0 Å². The van der Waals surface area contributed by atoms with E-state index in [1.54, 1.807) is 18.3 Å². The number of halogens is 1. The Hall–Kier alpha value is -1.88. The summed E-state index contributed by atoms with van der Waals surface area (Å²) in [6.45, 7) is 4.64. The van der Waals surface area contributed by atoms with Gasteiger partial charge in [0.05, 0.1) is 19.9 Å². The van der Waals surface area contributed by atoms with E-state index < -0.39 is 5.82 Å². The molecule has 0 aliphatic carbocycles. The maximum atomic E-state index is 13.6. The zero-order chi connectivity index (χ0) is 13.8. The van der Waals surface area contributed by atoms with Crippen LogP contribution in [0.1, 0.15) is 19.7 Å². The third kappa shape index (κ3) is 3.32. The lowest BCUT2D eigenvalue weighted by atomic mass is 10.2. The van der Waals surface area contributed by atoms with Gasteiger partial charge in [-0.25, -0.2) is 9.37 Å². The number of oxazole rings is 1. The second kappa shape index (κ2) is 5.84. The van der Waals surface area contributed by atoms with Gasteiger partial charge in [-0.05, 0) is 18.2 Å². The van der Waals surface area contributed by atoms with Gasteiger partial charge in [0.15, 0.2) is 17.3 Å². The van der Waals surface area contributed by atoms with E-state index in [1.807, 2.05) is 13.8 Å². The molecule has 1 aromatic heterocycles. The Morgan fingerprint density at radius 1 is 1.42 bits per heavy atom. The first-order chi connectivity index (χ1) is 9.10. The zero-order valence-corrected chi connectivity index (χ0v) is 11.2. The molecule has 0 spiro atoms. The summed E-state index contributed by atoms with van der Waals surface area (Å²) in [5, 5.41) is 3.21. The number of benzene rings is 1. The highest BCUT2D eigenvalue weighted by molar-refractivity contribution is 5.57. The van der Waals surface area contributed by atoms with Gasteiger partial charge in [0.1, 0.15) is 0 Å². The number of hydrogen-bond acceptors (Lipinski definition) is 4. The minimum atomic E-state index is -0.418. The van der Waals surface area contributed by atoms with Gasteiger partial charge in [0, 0.05) is 11.6 Å². The lowest BCUT2D eigenvalue weighted by molar-refractivity contribution is 0.386. The molecule has 1 N–H and O–H groups in total. The van der Waals surface area contributed by atoms with E-state index in [9.17, 15) is 4.39 Å². The maximum Gasteiger partial charge on any atom is 0.208 e. The monoisotopic (exact) mass is 264 g/mol. The van der Waals surface area contributed by atoms with Crippen molar-refractivity contribution in [2.45, 2.75) is 26.4 Å². The summed E-state index contributed by atoms with van der Waals surface area (Å²) in [5.41, 5.74) is 0.640. The van der Waals surface area contributed by atoms with Gasteiger partial charge >= 0.3 is 0 Å². The number of aromatic nitrogens is 1. The molecule has 0 unspecified atom stereocenters. The molecule has 1 aromatic carbocycles. The summed E-state index contributed by atoms with van der Waals surface area (Å²) < 4.78 is 24.0. The molecule has 0 aliphatic heterocycles. The first-order valence-electron chi connectivity index (χ1n) is 6.12. The van der Waals surface area contributed by atoms with Crippen molar-refractivity contribution in [1.82, 2.24) is 10.3 Å². The smallest absolute Gasteiger partial charge is 0.208 e. The van der Waals surface area contributed by atoms with Crippen LogP contribution in [0.5, 0.6) is 5.75 Å². The fourth-order valence-corrected chi connectivity index (χ4v) is 1.64. The zero-order valence-electron chi connectivity index (χ0n) is 11.2. The molecule has 0 atom stereocenters. The number of nitrogens with zero attached hydrogens (tertiary/aromatic N) is 1. The Morgan fingerprint density at radius 3 is 2.84 bits per heavy atom. The van der Waals surface area contributed by atoms with Gasteiger partial charge in [-0.3, -0.25) is 0 Å². The SMILES string of the molecule is COc1ccc(-c2cnc(CNC(C)C)o2)cc1F. The summed E-state index contributed by atoms with van der Waals surface area (Å²) >= 11 is 0. The van der Waals surface area contributed by atoms with Crippen LogP contribution in [0.3, 0.4) is 0 Å². The molecule has 0 saturated carbocycles. The first-order valence-corrected chi connectivity index (χ1v) is 6.12. The van der Waals surface area contributed by atoms with Crippen LogP contribution in [0.25, 0.3) is 11.3 Å². The molecular formula is C14H17FN2O2. The van der Waals surface area contributed by atoms with Crippen molar-refractivity contribution >= 4 is 0 Å². The summed E-state index contributed by atoms with van der Waals surface area (Å²) in [6, 6.07) is 5.04. The standard InChI is InChI=1S/C14H17FN2O2/c1-9(2)16-8-14-17-7-13(19-14)10-4-5-12(18-3)11(15)6-10/h4-7,9,16H,8H2,1-3H3. The van der Waals surface area contributed by atoms with E-state index in [1.165, 1.54) is 13.2 Å². The van der Waals surface area contributed by atoms with E-state index >= 15 is 0 Å². The lowest BCUT2D eigenvalue weighted by Gasteiger charge is -2.04. The van der Waals surface area contributed by atoms with Crippen molar-refractivity contribution in [2.75, 3.05) is 7.11 Å². The fourth-order valence-electron chi connectivity index (χ4n) is 1.64. The highest BCUT2D eigenvalue weighted by Gasteiger charge is 2.10. The molecule has 0 bridgehead atoms. The fraction of sp³-hybridized carbons (Fsp3) is 0.357. The summed E-state index contributed by atoms with van der Waals surface area (Å²) in [5.74, 6) is 0.922. The van der Waals surface area contributed by atoms with Gasteiger partial charge in [0.25, 0.3) is 0 Å². The van der Waals surface area contributed by atoms with Crippen molar-refractivity contribution in [2.24, 2.45) is 0 Å². The molecular weight excluding hydrogens is 247 g/mol. The van der Waals surface area contributed by atoms with Crippen molar-refractivity contribution in [3.8, 4) is 17.1 Å². The summed E-state index contributed by atoms with van der Waals surface area (Å²) in [6.07, 6.45) is 1.60. The van der Waals surface area contributed by atoms with Crippen molar-refractivity contribution < 1.29 is 13.5 Å². The highest BCUT2D eigenvalue weighted by Crippen LogP contribution is 2.25. The molecule has 1 heterocycles. The minimum absolute atomic E-state index is 0.213. The van der Waals surface area contributed by atoms with E-state index in [-0.39, 0.29) is 5.75 Å². The quantitative estimate of drug-likeness (QED) is 0.901. The second-order valence-corrected chi connectivity index (χ2v) is 4.50. The largest absolute Gasteiger partial charge is 0.494 e. The minimum Gasteiger partial charge on any atom is -0.494 e. The Balaban J connectivity index is 2.16. The number of ether oxygens (including phenoxy) is 1. The average molecular weight is 264 g/mol. The molecule has 0 amide bonds. The molecule has 102 valence electrons. The molecule has 5 heteroatoms. The van der Waals surface area contributed by atoms with Crippen LogP contribution in [0.4, 0.5) is 4.39 Å². The highest BCUT2D eigenvalue weighted by atomic mass is 19.1. The lowest BCUT2D eigenvalue weighted by Crippen LogP contribution is -2.21. The molecule has 0 aliphatic rings. The normalized spacial score (nSPS) is 11.0. The van der Waals surface area contributed by atoms with Gasteiger partial charge < -0.3 is 14.5 Å². The second-order valence-electron chi connectivity index (χ2n) is 4.50. The predicted octanol–water partition coefficient (Wildman–Crippen LogP) is 2.99. The van der Waals surface area contributed by atoms with Crippen molar-refractivity contribution in [1.29, 1.82) is 0 Å². The molecule has 4 nitrogen and oxygen atoms in total. The van der Waals surface area contributed by atoms with Crippen LogP contribution in [-0.2, 0) is 6.54 Å². The topological polar surface area (TPSA) is 47.3 Å². The molecule has 0 radical (unpaired) electrons. The molecule has 2 aromatic rings. The van der Waals surface area contributed by atoms with Crippen LogP contribution in [0.2, 0.25) is 0 Å². The summed E-state index contributed by atoms with van der Waals surface area (Å²) in [4.78, 5) is 4.15. The van der Waals surface area contributed by atoms with Gasteiger partial charge in [-0.1, -0.05) is 13.8 Å². The number of nitrogens with one attached hydrogen (secondary N) is 1. The van der Waals surface area contributed by atoms with Gasteiger partial charge in [0.2, 0.25) is 5.89 Å². The van der Waals surface area contributed by atoms with E-state index in [4.69, 9.17) is 9.15 Å². The van der Waals surface area contributed by atoms with Crippen molar-refractivity contribution in [3.05, 3.63) is 36.1 Å². The van der Waals surface area contributed by atoms with Crippen LogP contribution in [0, 0.1) is 5.82 Å². The van der Waals surface area contributed by atoms with Crippen LogP contribution >= 0.6 is 0 Å². The number of hydrogen-bond donors (Lipinski definition) is 1. The Labute approximate surface area is 111 Å². The van der Waals surface area contributed by atoms with Crippen LogP contribution < -0.4 is 10.1 Å². The molecule has 0 saturated heterocycles. The molecule has 0 fully saturated rings. The van der Waals surface area contributed by atoms with Crippen molar-refractivity contribution in [3.63, 3.8) is 0 Å².